The maximum atomic E-state index is 9.69. The van der Waals surface area contributed by atoms with E-state index in [0.29, 0.717) is 0 Å². The van der Waals surface area contributed by atoms with Gasteiger partial charge in [0.25, 0.3) is 0 Å². The second kappa shape index (κ2) is 9.15. The van der Waals surface area contributed by atoms with Gasteiger partial charge in [-0.05, 0) is 59.5 Å². The minimum Gasteiger partial charge on any atom is -0.455 e. The molecular weight excluding hydrogens is 554 g/mol. The normalized spacial score (nSPS) is 17.9. The van der Waals surface area contributed by atoms with E-state index in [9.17, 15) is 5.48 Å². The Morgan fingerprint density at radius 2 is 1.36 bits per heavy atom. The van der Waals surface area contributed by atoms with Crippen LogP contribution >= 0.6 is 0 Å². The van der Waals surface area contributed by atoms with Crippen LogP contribution in [-0.2, 0) is 0 Å². The number of hydrogen-bond donors (Lipinski definition) is 0. The van der Waals surface area contributed by atoms with Crippen LogP contribution in [0.3, 0.4) is 0 Å². The molecule has 0 fully saturated rings. The number of nitrogens with zero attached hydrogens (tertiary/aromatic N) is 3. The molecule has 210 valence electrons. The first-order chi connectivity index (χ1) is 30.2. The van der Waals surface area contributed by atoms with Gasteiger partial charge in [-0.1, -0.05) is 84.6 Å². The first-order valence-corrected chi connectivity index (χ1v) is 13.4. The summed E-state index contributed by atoms with van der Waals surface area (Å²) in [5.74, 6) is 0. The lowest BCUT2D eigenvalue weighted by molar-refractivity contribution is 0.667. The monoisotopic (exact) mass is 596 g/mol. The lowest BCUT2D eigenvalue weighted by Gasteiger charge is -2.10. The number of aromatic nitrogens is 3. The molecule has 0 bridgehead atoms. The molecule has 0 saturated carbocycles. The van der Waals surface area contributed by atoms with E-state index >= 15 is 0 Å². The summed E-state index contributed by atoms with van der Waals surface area (Å²) in [7, 11) is 0. The van der Waals surface area contributed by atoms with Gasteiger partial charge in [0, 0.05) is 32.8 Å². The third-order valence-corrected chi connectivity index (χ3v) is 7.58. The van der Waals surface area contributed by atoms with Gasteiger partial charge >= 0.3 is 0 Å². The molecule has 0 aliphatic carbocycles. The Hall–Kier alpha value is -6.20. The van der Waals surface area contributed by atoms with Crippen LogP contribution in [0.2, 0.25) is 0 Å². The highest BCUT2D eigenvalue weighted by molar-refractivity contribution is 6.23. The Morgan fingerprint density at radius 3 is 2.29 bits per heavy atom. The lowest BCUT2D eigenvalue weighted by Crippen LogP contribution is -1.95. The van der Waals surface area contributed by atoms with Gasteiger partial charge in [0.05, 0.1) is 42.5 Å². The van der Waals surface area contributed by atoms with E-state index in [4.69, 9.17) is 29.4 Å². The number of benzene rings is 6. The molecule has 0 radical (unpaired) electrons. The molecule has 0 N–H and O–H groups in total. The zero-order valence-corrected chi connectivity index (χ0v) is 22.5. The van der Waals surface area contributed by atoms with Crippen LogP contribution in [0.5, 0.6) is 0 Å². The van der Waals surface area contributed by atoms with E-state index in [2.05, 4.69) is 9.97 Å². The maximum Gasteiger partial charge on any atom is 0.180 e. The molecule has 0 aliphatic rings. The van der Waals surface area contributed by atoms with E-state index in [0.717, 1.165) is 10.9 Å². The number of rotatable bonds is 3. The number of furan rings is 2. The van der Waals surface area contributed by atoms with Crippen molar-refractivity contribution in [2.45, 2.75) is 0 Å². The van der Waals surface area contributed by atoms with E-state index in [1.54, 1.807) is 0 Å². The summed E-state index contributed by atoms with van der Waals surface area (Å²) in [6.07, 6.45) is 1.08. The number of hydrogen-bond acceptors (Lipinski definition) is 4. The Labute approximate surface area is 283 Å². The summed E-state index contributed by atoms with van der Waals surface area (Å²) in [5, 5.41) is -0.786. The van der Waals surface area contributed by atoms with E-state index in [1.165, 1.54) is 18.2 Å². The number of fused-ring (bicyclic) bond motifs is 10. The predicted octanol–water partition coefficient (Wildman–Crippen LogP) is 10.7. The Bertz CT molecular complexity index is 3830. The van der Waals surface area contributed by atoms with Crippen LogP contribution < -0.4 is 0 Å². The SMILES string of the molecule is [2H]c1c([2H])c([2H])c(-c2ccc3oc4c(-c5c([2H])c([2H])c([2H])c(-n6c7c([2H])c([2H])c([2H])c([2H])c7c7c8oc9c([2H])c([2H])c([2H])c([2H])c9c8c([2H])c([2H])c76)c5[2H])ncnc4c3c2)c([2H])c1[2H]. The van der Waals surface area contributed by atoms with Crippen LogP contribution in [-0.4, -0.2) is 14.5 Å². The third kappa shape index (κ3) is 3.49. The van der Waals surface area contributed by atoms with Crippen molar-refractivity contribution < 1.29 is 34.9 Å². The maximum absolute atomic E-state index is 9.69. The minimum atomic E-state index is -0.793. The summed E-state index contributed by atoms with van der Waals surface area (Å²) in [6.45, 7) is 0. The molecule has 0 amide bonds. The lowest BCUT2D eigenvalue weighted by atomic mass is 10.0. The summed E-state index contributed by atoms with van der Waals surface area (Å²) in [5.41, 5.74) is -2.47. The van der Waals surface area contributed by atoms with Crippen molar-refractivity contribution in [3.05, 3.63) is 139 Å². The Kier molecular flexibility index (Phi) is 2.53. The molecule has 4 aromatic heterocycles. The second-order valence-electron chi connectivity index (χ2n) is 9.98. The summed E-state index contributed by atoms with van der Waals surface area (Å²) in [4.78, 5) is 8.70. The van der Waals surface area contributed by atoms with E-state index in [1.807, 2.05) is 0 Å². The van der Waals surface area contributed by atoms with Crippen LogP contribution in [0, 0.1) is 0 Å². The van der Waals surface area contributed by atoms with Gasteiger partial charge in [-0.2, -0.15) is 0 Å². The minimum absolute atomic E-state index is 0.0933. The average Bonchev–Trinajstić information content (AvgIpc) is 3.97. The van der Waals surface area contributed by atoms with Gasteiger partial charge in [0.1, 0.15) is 34.3 Å². The summed E-state index contributed by atoms with van der Waals surface area (Å²) >= 11 is 0. The smallest absolute Gasteiger partial charge is 0.180 e. The summed E-state index contributed by atoms with van der Waals surface area (Å²) < 4.78 is 179. The fraction of sp³-hybridized carbons (Fsp3) is 0. The zero-order chi connectivity index (χ0) is 46.0. The topological polar surface area (TPSA) is 57.0 Å². The zero-order valence-electron chi connectivity index (χ0n) is 41.5. The molecule has 0 spiro atoms. The van der Waals surface area contributed by atoms with Crippen molar-refractivity contribution in [2.24, 2.45) is 0 Å². The van der Waals surface area contributed by atoms with Crippen LogP contribution in [0.1, 0.15) is 26.0 Å². The standard InChI is InChI=1S/C40H23N3O2/c1-2-9-24(10-3-1)25-17-20-35-31(22-25)38-40(45-35)37(41-23-42-38)26-11-8-12-27(21-26)43-32-15-6-4-14-30(32)36-33(43)19-18-29-28-13-5-7-16-34(28)44-39(29)36/h1-23H/i1D,2D,3D,4D,5D,6D,7D,8D,9D,10D,11D,12D,13D,14D,15D,16D,18D,19D,21D. The van der Waals surface area contributed by atoms with Gasteiger partial charge in [0.2, 0.25) is 0 Å². The van der Waals surface area contributed by atoms with Gasteiger partial charge in [0.15, 0.2) is 5.58 Å². The van der Waals surface area contributed by atoms with Gasteiger partial charge in [-0.15, -0.1) is 0 Å². The van der Waals surface area contributed by atoms with E-state index < -0.39 is 137 Å². The Morgan fingerprint density at radius 1 is 0.556 bits per heavy atom. The molecule has 10 rings (SSSR count). The molecule has 5 heteroatoms. The fourth-order valence-electron chi connectivity index (χ4n) is 5.67. The molecule has 45 heavy (non-hydrogen) atoms. The molecule has 0 unspecified atom stereocenters. The average molecular weight is 597 g/mol. The first kappa shape index (κ1) is 12.4. The van der Waals surface area contributed by atoms with Crippen LogP contribution in [0.25, 0.3) is 93.9 Å². The highest BCUT2D eigenvalue weighted by atomic mass is 16.3. The molecule has 0 aliphatic heterocycles. The third-order valence-electron chi connectivity index (χ3n) is 7.58. The quantitative estimate of drug-likeness (QED) is 0.204. The van der Waals surface area contributed by atoms with Crippen molar-refractivity contribution in [2.75, 3.05) is 0 Å². The highest BCUT2D eigenvalue weighted by Gasteiger charge is 2.20. The summed E-state index contributed by atoms with van der Waals surface area (Å²) in [6, 6.07) is -7.81. The molecular formula is C40H23N3O2. The van der Waals surface area contributed by atoms with Crippen LogP contribution in [0.4, 0.5) is 0 Å². The fourth-order valence-corrected chi connectivity index (χ4v) is 5.67. The largest absolute Gasteiger partial charge is 0.455 e. The molecule has 4 heterocycles. The first-order valence-electron chi connectivity index (χ1n) is 22.9. The predicted molar refractivity (Wildman–Crippen MR) is 182 cm³/mol. The van der Waals surface area contributed by atoms with Crippen molar-refractivity contribution >= 4 is 65.8 Å². The Balaban J connectivity index is 1.33. The highest BCUT2D eigenvalue weighted by Crippen LogP contribution is 2.41. The molecule has 6 aromatic carbocycles. The van der Waals surface area contributed by atoms with Gasteiger partial charge < -0.3 is 13.4 Å². The van der Waals surface area contributed by atoms with Gasteiger partial charge in [-0.25, -0.2) is 9.97 Å². The molecule has 10 aromatic rings. The number of para-hydroxylation sites is 2. The molecule has 0 saturated heterocycles. The van der Waals surface area contributed by atoms with E-state index in [-0.39, 0.29) is 71.6 Å². The molecule has 5 nitrogen and oxygen atoms in total. The van der Waals surface area contributed by atoms with Gasteiger partial charge in [-0.3, -0.25) is 0 Å². The van der Waals surface area contributed by atoms with Crippen molar-refractivity contribution in [3.8, 4) is 28.1 Å². The molecule has 0 atom stereocenters. The van der Waals surface area contributed by atoms with Crippen molar-refractivity contribution in [1.82, 2.24) is 14.5 Å². The van der Waals surface area contributed by atoms with Crippen molar-refractivity contribution in [3.63, 3.8) is 0 Å². The van der Waals surface area contributed by atoms with Crippen LogP contribution in [0.15, 0.2) is 148 Å². The second-order valence-corrected chi connectivity index (χ2v) is 9.98. The van der Waals surface area contributed by atoms with Crippen molar-refractivity contribution in [1.29, 1.82) is 0 Å².